The third kappa shape index (κ3) is 2.66. The van der Waals surface area contributed by atoms with E-state index in [2.05, 4.69) is 4.90 Å². The smallest absolute Gasteiger partial charge is 0.0679 e. The van der Waals surface area contributed by atoms with Crippen LogP contribution in [0.3, 0.4) is 0 Å². The molecule has 3 heteroatoms. The van der Waals surface area contributed by atoms with E-state index >= 15 is 0 Å². The summed E-state index contributed by atoms with van der Waals surface area (Å²) in [5.41, 5.74) is 0. The van der Waals surface area contributed by atoms with Gasteiger partial charge in [-0.15, -0.1) is 0 Å². The molecule has 1 N–H and O–H groups in total. The number of aliphatic hydroxyl groups excluding tert-OH is 1. The fraction of sp³-hybridized carbons (Fsp3) is 1.00. The molecule has 0 aromatic heterocycles. The van der Waals surface area contributed by atoms with E-state index in [9.17, 15) is 5.11 Å². The molecule has 2 heterocycles. The van der Waals surface area contributed by atoms with Gasteiger partial charge >= 0.3 is 0 Å². The maximum absolute atomic E-state index is 9.36. The van der Waals surface area contributed by atoms with Crippen molar-refractivity contribution in [2.75, 3.05) is 32.8 Å². The van der Waals surface area contributed by atoms with Crippen molar-refractivity contribution in [1.29, 1.82) is 0 Å². The highest BCUT2D eigenvalue weighted by molar-refractivity contribution is 4.77. The molecule has 0 radical (unpaired) electrons. The zero-order valence-electron chi connectivity index (χ0n) is 8.11. The third-order valence-corrected chi connectivity index (χ3v) is 3.10. The fourth-order valence-electron chi connectivity index (χ4n) is 2.27. The SMILES string of the molecule is OC1CCN(CC2CCOCC2)C1. The van der Waals surface area contributed by atoms with Crippen molar-refractivity contribution < 1.29 is 9.84 Å². The van der Waals surface area contributed by atoms with E-state index in [0.29, 0.717) is 0 Å². The van der Waals surface area contributed by atoms with Gasteiger partial charge < -0.3 is 14.7 Å². The molecule has 2 rings (SSSR count). The number of hydrogen-bond acceptors (Lipinski definition) is 3. The van der Waals surface area contributed by atoms with Gasteiger partial charge in [-0.05, 0) is 25.2 Å². The Morgan fingerprint density at radius 1 is 1.23 bits per heavy atom. The Hall–Kier alpha value is -0.120. The summed E-state index contributed by atoms with van der Waals surface area (Å²) in [4.78, 5) is 2.39. The van der Waals surface area contributed by atoms with Crippen LogP contribution in [0.25, 0.3) is 0 Å². The van der Waals surface area contributed by atoms with Gasteiger partial charge in [0.25, 0.3) is 0 Å². The molecule has 2 aliphatic rings. The van der Waals surface area contributed by atoms with Crippen molar-refractivity contribution in [2.45, 2.75) is 25.4 Å². The number of nitrogens with zero attached hydrogens (tertiary/aromatic N) is 1. The molecular weight excluding hydrogens is 166 g/mol. The monoisotopic (exact) mass is 185 g/mol. The number of aliphatic hydroxyl groups is 1. The van der Waals surface area contributed by atoms with Gasteiger partial charge in [0.05, 0.1) is 6.10 Å². The van der Waals surface area contributed by atoms with Gasteiger partial charge in [-0.25, -0.2) is 0 Å². The van der Waals surface area contributed by atoms with Crippen LogP contribution < -0.4 is 0 Å². The average molecular weight is 185 g/mol. The minimum absolute atomic E-state index is 0.0696. The highest BCUT2D eigenvalue weighted by Crippen LogP contribution is 2.18. The largest absolute Gasteiger partial charge is 0.392 e. The number of ether oxygens (including phenoxy) is 1. The molecule has 0 aliphatic carbocycles. The zero-order valence-corrected chi connectivity index (χ0v) is 8.11. The maximum Gasteiger partial charge on any atom is 0.0679 e. The Labute approximate surface area is 79.7 Å². The lowest BCUT2D eigenvalue weighted by Gasteiger charge is -2.26. The van der Waals surface area contributed by atoms with Gasteiger partial charge in [0.2, 0.25) is 0 Å². The predicted molar refractivity (Wildman–Crippen MR) is 50.6 cm³/mol. The molecule has 2 fully saturated rings. The summed E-state index contributed by atoms with van der Waals surface area (Å²) in [5.74, 6) is 0.805. The van der Waals surface area contributed by atoms with Crippen LogP contribution in [0.4, 0.5) is 0 Å². The normalized spacial score (nSPS) is 32.5. The highest BCUT2D eigenvalue weighted by atomic mass is 16.5. The lowest BCUT2D eigenvalue weighted by molar-refractivity contribution is 0.0538. The highest BCUT2D eigenvalue weighted by Gasteiger charge is 2.23. The molecule has 0 spiro atoms. The lowest BCUT2D eigenvalue weighted by atomic mass is 10.00. The van der Waals surface area contributed by atoms with E-state index in [-0.39, 0.29) is 6.10 Å². The van der Waals surface area contributed by atoms with Gasteiger partial charge in [-0.1, -0.05) is 0 Å². The summed E-state index contributed by atoms with van der Waals surface area (Å²) < 4.78 is 5.32. The first-order chi connectivity index (χ1) is 6.34. The zero-order chi connectivity index (χ0) is 9.10. The average Bonchev–Trinajstić information content (AvgIpc) is 2.53. The first-order valence-electron chi connectivity index (χ1n) is 5.33. The Morgan fingerprint density at radius 2 is 2.00 bits per heavy atom. The summed E-state index contributed by atoms with van der Waals surface area (Å²) in [6, 6.07) is 0. The van der Waals surface area contributed by atoms with Crippen molar-refractivity contribution in [3.8, 4) is 0 Å². The van der Waals surface area contributed by atoms with Crippen LogP contribution in [0.1, 0.15) is 19.3 Å². The van der Waals surface area contributed by atoms with Crippen molar-refractivity contribution in [3.63, 3.8) is 0 Å². The minimum atomic E-state index is -0.0696. The quantitative estimate of drug-likeness (QED) is 0.679. The molecule has 13 heavy (non-hydrogen) atoms. The van der Waals surface area contributed by atoms with Crippen molar-refractivity contribution in [3.05, 3.63) is 0 Å². The molecule has 0 bridgehead atoms. The van der Waals surface area contributed by atoms with E-state index in [1.54, 1.807) is 0 Å². The Morgan fingerprint density at radius 3 is 2.62 bits per heavy atom. The van der Waals surface area contributed by atoms with Crippen LogP contribution in [-0.4, -0.2) is 49.0 Å². The molecule has 0 aromatic carbocycles. The molecule has 1 atom stereocenters. The van der Waals surface area contributed by atoms with E-state index in [0.717, 1.165) is 38.6 Å². The second-order valence-electron chi connectivity index (χ2n) is 4.26. The number of hydrogen-bond donors (Lipinski definition) is 1. The molecule has 2 aliphatic heterocycles. The van der Waals surface area contributed by atoms with E-state index in [1.165, 1.54) is 19.4 Å². The summed E-state index contributed by atoms with van der Waals surface area (Å²) in [6.07, 6.45) is 3.29. The summed E-state index contributed by atoms with van der Waals surface area (Å²) in [7, 11) is 0. The van der Waals surface area contributed by atoms with Crippen LogP contribution in [0.2, 0.25) is 0 Å². The third-order valence-electron chi connectivity index (χ3n) is 3.10. The van der Waals surface area contributed by atoms with Crippen LogP contribution in [-0.2, 0) is 4.74 Å². The summed E-state index contributed by atoms with van der Waals surface area (Å²) >= 11 is 0. The number of likely N-dealkylation sites (tertiary alicyclic amines) is 1. The van der Waals surface area contributed by atoms with Crippen molar-refractivity contribution in [1.82, 2.24) is 4.90 Å². The fourth-order valence-corrected chi connectivity index (χ4v) is 2.27. The van der Waals surface area contributed by atoms with Gasteiger partial charge in [0, 0.05) is 32.8 Å². The van der Waals surface area contributed by atoms with Gasteiger partial charge in [-0.2, -0.15) is 0 Å². The van der Waals surface area contributed by atoms with Crippen LogP contribution in [0, 0.1) is 5.92 Å². The minimum Gasteiger partial charge on any atom is -0.392 e. The Kier molecular flexibility index (Phi) is 3.19. The maximum atomic E-state index is 9.36. The Bertz CT molecular complexity index is 154. The van der Waals surface area contributed by atoms with E-state index in [4.69, 9.17) is 4.74 Å². The second-order valence-corrected chi connectivity index (χ2v) is 4.26. The molecule has 0 aromatic rings. The number of rotatable bonds is 2. The van der Waals surface area contributed by atoms with Gasteiger partial charge in [0.1, 0.15) is 0 Å². The van der Waals surface area contributed by atoms with Gasteiger partial charge in [0.15, 0.2) is 0 Å². The first kappa shape index (κ1) is 9.44. The van der Waals surface area contributed by atoms with Crippen LogP contribution in [0.15, 0.2) is 0 Å². The van der Waals surface area contributed by atoms with E-state index < -0.39 is 0 Å². The van der Waals surface area contributed by atoms with Crippen molar-refractivity contribution >= 4 is 0 Å². The predicted octanol–water partition coefficient (Wildman–Crippen LogP) is 0.480. The molecular formula is C10H19NO2. The standard InChI is InChI=1S/C10H19NO2/c12-10-1-4-11(8-10)7-9-2-5-13-6-3-9/h9-10,12H,1-8H2. The summed E-state index contributed by atoms with van der Waals surface area (Å²) in [6.45, 7) is 5.00. The van der Waals surface area contributed by atoms with Crippen molar-refractivity contribution in [2.24, 2.45) is 5.92 Å². The van der Waals surface area contributed by atoms with Crippen LogP contribution in [0.5, 0.6) is 0 Å². The molecule has 1 unspecified atom stereocenters. The molecule has 2 saturated heterocycles. The first-order valence-corrected chi connectivity index (χ1v) is 5.33. The van der Waals surface area contributed by atoms with E-state index in [1.807, 2.05) is 0 Å². The molecule has 76 valence electrons. The molecule has 3 nitrogen and oxygen atoms in total. The second kappa shape index (κ2) is 4.40. The van der Waals surface area contributed by atoms with Gasteiger partial charge in [-0.3, -0.25) is 0 Å². The Balaban J connectivity index is 1.71. The molecule has 0 saturated carbocycles. The number of β-amino-alcohol motifs (C(OH)–C–C–N with tert-alkyl or cyclic N) is 1. The lowest BCUT2D eigenvalue weighted by Crippen LogP contribution is -2.31. The topological polar surface area (TPSA) is 32.7 Å². The molecule has 0 amide bonds. The summed E-state index contributed by atoms with van der Waals surface area (Å²) in [5, 5.41) is 9.36. The van der Waals surface area contributed by atoms with Crippen LogP contribution >= 0.6 is 0 Å².